The molecule has 3 heterocycles. The molecule has 1 aromatic heterocycles. The van der Waals surface area contributed by atoms with Crippen LogP contribution < -0.4 is 11.3 Å². The van der Waals surface area contributed by atoms with Crippen LogP contribution in [0.25, 0.3) is 11.0 Å². The number of amides is 1. The molecule has 2 aromatic rings. The lowest BCUT2D eigenvalue weighted by atomic mass is 9.73. The van der Waals surface area contributed by atoms with Crippen LogP contribution in [-0.4, -0.2) is 61.9 Å². The van der Waals surface area contributed by atoms with Gasteiger partial charge in [-0.3, -0.25) is 14.5 Å². The third-order valence-corrected chi connectivity index (χ3v) is 9.74. The van der Waals surface area contributed by atoms with Crippen molar-refractivity contribution >= 4 is 28.6 Å². The van der Waals surface area contributed by atoms with Gasteiger partial charge in [0, 0.05) is 24.2 Å². The van der Waals surface area contributed by atoms with E-state index in [0.717, 1.165) is 37.5 Å². The Labute approximate surface area is 233 Å². The van der Waals surface area contributed by atoms with E-state index < -0.39 is 29.8 Å². The van der Waals surface area contributed by atoms with Crippen molar-refractivity contribution in [1.82, 2.24) is 14.5 Å². The van der Waals surface area contributed by atoms with Gasteiger partial charge < -0.3 is 20.2 Å². The van der Waals surface area contributed by atoms with Crippen LogP contribution in [0, 0.1) is 11.8 Å². The summed E-state index contributed by atoms with van der Waals surface area (Å²) in [5.74, 6) is -0.544. The Balaban J connectivity index is 1.35. The summed E-state index contributed by atoms with van der Waals surface area (Å²) < 4.78 is 1.79. The molecule has 4 aliphatic rings. The number of hydrogen-bond donors (Lipinski definition) is 2. The lowest BCUT2D eigenvalue weighted by molar-refractivity contribution is -0.142. The normalized spacial score (nSPS) is 30.9. The molecule has 10 heteroatoms. The second-order valence-electron chi connectivity index (χ2n) is 12.3. The summed E-state index contributed by atoms with van der Waals surface area (Å²) in [6.07, 6.45) is 14.8. The highest BCUT2D eigenvalue weighted by Gasteiger charge is 2.45. The summed E-state index contributed by atoms with van der Waals surface area (Å²) in [5, 5.41) is 12.5. The maximum Gasteiger partial charge on any atom is 0.344 e. The highest BCUT2D eigenvalue weighted by Crippen LogP contribution is 2.47. The molecule has 6 rings (SSSR count). The van der Waals surface area contributed by atoms with Gasteiger partial charge >= 0.3 is 5.97 Å². The van der Waals surface area contributed by atoms with E-state index in [1.165, 1.54) is 51.4 Å². The number of hydrogen-bond acceptors (Lipinski definition) is 7. The molecular formula is C30H39N5O5. The molecule has 40 heavy (non-hydrogen) atoms. The average molecular weight is 550 g/mol. The minimum absolute atomic E-state index is 0.0503. The third kappa shape index (κ3) is 5.25. The first-order valence-electron chi connectivity index (χ1n) is 14.9. The number of oxime groups is 1. The van der Waals surface area contributed by atoms with Crippen molar-refractivity contribution in [2.45, 2.75) is 101 Å². The van der Waals surface area contributed by atoms with Gasteiger partial charge in [0.05, 0.1) is 11.0 Å². The summed E-state index contributed by atoms with van der Waals surface area (Å²) >= 11 is 0. The maximum atomic E-state index is 14.0. The van der Waals surface area contributed by atoms with Crippen molar-refractivity contribution in [1.29, 1.82) is 0 Å². The molecule has 2 aliphatic carbocycles. The lowest BCUT2D eigenvalue weighted by Gasteiger charge is -2.54. The number of carbonyl (C=O) groups is 2. The van der Waals surface area contributed by atoms with E-state index in [1.807, 2.05) is 18.2 Å². The number of carboxylic acid groups (broad SMARTS) is 1. The van der Waals surface area contributed by atoms with Crippen LogP contribution in [0.1, 0.15) is 88.8 Å². The zero-order valence-electron chi connectivity index (χ0n) is 22.9. The molecule has 3 unspecified atom stereocenters. The molecule has 4 fully saturated rings. The topological polar surface area (TPSA) is 140 Å². The van der Waals surface area contributed by atoms with E-state index in [0.29, 0.717) is 29.2 Å². The van der Waals surface area contributed by atoms with Crippen LogP contribution in [0.5, 0.6) is 0 Å². The number of carboxylic acids is 1. The maximum absolute atomic E-state index is 14.0. The quantitative estimate of drug-likeness (QED) is 0.397. The van der Waals surface area contributed by atoms with Gasteiger partial charge in [0.2, 0.25) is 6.61 Å². The number of piperidine rings is 2. The summed E-state index contributed by atoms with van der Waals surface area (Å²) in [6, 6.07) is 8.84. The smallest absolute Gasteiger partial charge is 0.344 e. The number of para-hydroxylation sites is 2. The molecular weight excluding hydrogens is 510 g/mol. The Morgan fingerprint density at radius 1 is 0.925 bits per heavy atom. The van der Waals surface area contributed by atoms with Crippen molar-refractivity contribution in [3.8, 4) is 0 Å². The number of aromatic nitrogens is 2. The monoisotopic (exact) mass is 549 g/mol. The van der Waals surface area contributed by atoms with Gasteiger partial charge in [-0.15, -0.1) is 0 Å². The molecule has 2 aliphatic heterocycles. The van der Waals surface area contributed by atoms with Gasteiger partial charge in [-0.1, -0.05) is 49.4 Å². The van der Waals surface area contributed by atoms with Crippen molar-refractivity contribution < 1.29 is 19.5 Å². The van der Waals surface area contributed by atoms with Crippen LogP contribution in [0.4, 0.5) is 0 Å². The Bertz CT molecular complexity index is 1340. The lowest BCUT2D eigenvalue weighted by Crippen LogP contribution is -2.58. The summed E-state index contributed by atoms with van der Waals surface area (Å²) in [5.41, 5.74) is 5.70. The second-order valence-corrected chi connectivity index (χ2v) is 12.3. The van der Waals surface area contributed by atoms with E-state index in [1.54, 1.807) is 10.6 Å². The van der Waals surface area contributed by atoms with E-state index in [-0.39, 0.29) is 11.7 Å². The van der Waals surface area contributed by atoms with Gasteiger partial charge in [-0.05, 0) is 68.9 Å². The molecule has 3 N–H and O–H groups in total. The standard InChI is InChI=1S/C30H39N5O5/c31-29(38)27(33-40-17-26(36)37)28-30(39)35(25-11-4-3-10-24(25)32-28)23-15-20-8-5-9-21(16-23)34(20)22-13-18-6-1-2-7-19(12-18)14-22/h3-4,10-11,18-23H,1-2,5-9,12-17H2,(H2,31,38)(H,36,37)/t18?,19?,20-,21+,22?,23?. The van der Waals surface area contributed by atoms with Crippen LogP contribution in [0.3, 0.4) is 0 Å². The molecule has 1 aromatic carbocycles. The van der Waals surface area contributed by atoms with Crippen molar-refractivity contribution in [3.63, 3.8) is 0 Å². The van der Waals surface area contributed by atoms with Crippen molar-refractivity contribution in [2.24, 2.45) is 22.7 Å². The molecule has 1 amide bonds. The van der Waals surface area contributed by atoms with Crippen molar-refractivity contribution in [2.75, 3.05) is 6.61 Å². The van der Waals surface area contributed by atoms with Crippen LogP contribution in [0.2, 0.25) is 0 Å². The first-order chi connectivity index (χ1) is 19.4. The molecule has 2 saturated carbocycles. The summed E-state index contributed by atoms with van der Waals surface area (Å²) in [7, 11) is 0. The molecule has 10 nitrogen and oxygen atoms in total. The predicted octanol–water partition coefficient (Wildman–Crippen LogP) is 3.60. The van der Waals surface area contributed by atoms with Gasteiger partial charge in [-0.2, -0.15) is 0 Å². The molecule has 5 atom stereocenters. The molecule has 214 valence electrons. The Morgan fingerprint density at radius 3 is 2.25 bits per heavy atom. The van der Waals surface area contributed by atoms with E-state index in [4.69, 9.17) is 15.7 Å². The predicted molar refractivity (Wildman–Crippen MR) is 150 cm³/mol. The van der Waals surface area contributed by atoms with E-state index in [9.17, 15) is 14.4 Å². The fraction of sp³-hybridized carbons (Fsp3) is 0.633. The minimum atomic E-state index is -1.26. The average Bonchev–Trinajstić information content (AvgIpc) is 3.09. The third-order valence-electron chi connectivity index (χ3n) is 9.74. The highest BCUT2D eigenvalue weighted by atomic mass is 16.6. The van der Waals surface area contributed by atoms with Crippen LogP contribution in [0.15, 0.2) is 34.2 Å². The van der Waals surface area contributed by atoms with Gasteiger partial charge in [0.25, 0.3) is 11.5 Å². The second kappa shape index (κ2) is 11.3. The molecule has 0 radical (unpaired) electrons. The fourth-order valence-electron chi connectivity index (χ4n) is 8.33. The number of nitrogens with zero attached hydrogens (tertiary/aromatic N) is 4. The minimum Gasteiger partial charge on any atom is -0.479 e. The number of aliphatic carboxylic acids is 1. The Kier molecular flexibility index (Phi) is 7.61. The number of fused-ring (bicyclic) bond motifs is 5. The van der Waals surface area contributed by atoms with Crippen molar-refractivity contribution in [3.05, 3.63) is 40.3 Å². The van der Waals surface area contributed by atoms with Gasteiger partial charge in [-0.25, -0.2) is 9.78 Å². The highest BCUT2D eigenvalue weighted by molar-refractivity contribution is 6.44. The van der Waals surface area contributed by atoms with E-state index in [2.05, 4.69) is 15.0 Å². The van der Waals surface area contributed by atoms with Crippen LogP contribution in [-0.2, 0) is 14.4 Å². The number of benzene rings is 1. The number of carbonyl (C=O) groups excluding carboxylic acids is 1. The van der Waals surface area contributed by atoms with E-state index >= 15 is 0 Å². The van der Waals surface area contributed by atoms with Gasteiger partial charge in [0.15, 0.2) is 11.4 Å². The number of rotatable bonds is 7. The summed E-state index contributed by atoms with van der Waals surface area (Å²) in [4.78, 5) is 49.3. The van der Waals surface area contributed by atoms with Gasteiger partial charge in [0.1, 0.15) is 0 Å². The molecule has 4 bridgehead atoms. The van der Waals surface area contributed by atoms with Crippen LogP contribution >= 0.6 is 0 Å². The largest absolute Gasteiger partial charge is 0.479 e. The zero-order chi connectivity index (χ0) is 27.8. The fourth-order valence-corrected chi connectivity index (χ4v) is 8.33. The molecule has 0 spiro atoms. The summed E-state index contributed by atoms with van der Waals surface area (Å²) in [6.45, 7) is -0.761. The Hall–Kier alpha value is -3.27. The SMILES string of the molecule is NC(=O)C(=NOCC(=O)O)c1nc2ccccc2n(C2C[C@H]3CCC[C@@H](C2)N3C2CC3CCCCC(C3)C2)c1=O. The Morgan fingerprint density at radius 2 is 1.60 bits per heavy atom. The first kappa shape index (κ1) is 26.9. The number of primary amides is 1. The number of nitrogens with two attached hydrogens (primary N) is 1. The zero-order valence-corrected chi connectivity index (χ0v) is 22.9. The molecule has 2 saturated heterocycles. The first-order valence-corrected chi connectivity index (χ1v) is 14.9.